The van der Waals surface area contributed by atoms with Crippen molar-refractivity contribution in [1.82, 2.24) is 15.5 Å². The Bertz CT molecular complexity index is 1280. The van der Waals surface area contributed by atoms with Gasteiger partial charge in [0, 0.05) is 22.6 Å². The molecule has 166 valence electrons. The van der Waals surface area contributed by atoms with E-state index in [1.807, 2.05) is 61.5 Å². The molecule has 0 saturated carbocycles. The second-order valence-corrected chi connectivity index (χ2v) is 8.86. The fourth-order valence-corrected chi connectivity index (χ4v) is 4.26. The first-order valence-corrected chi connectivity index (χ1v) is 11.5. The summed E-state index contributed by atoms with van der Waals surface area (Å²) in [6.45, 7) is 1.86. The van der Waals surface area contributed by atoms with Gasteiger partial charge in [-0.15, -0.1) is 10.2 Å². The number of nitrogens with one attached hydrogen (secondary N) is 2. The van der Waals surface area contributed by atoms with E-state index >= 15 is 0 Å². The van der Waals surface area contributed by atoms with Crippen molar-refractivity contribution in [2.75, 3.05) is 5.32 Å². The number of hydrogen-bond acceptors (Lipinski definition) is 5. The monoisotopic (exact) mass is 476 g/mol. The van der Waals surface area contributed by atoms with E-state index < -0.39 is 6.04 Å². The third kappa shape index (κ3) is 5.83. The summed E-state index contributed by atoms with van der Waals surface area (Å²) >= 11 is 7.30. The molecule has 1 unspecified atom stereocenters. The largest absolute Gasteiger partial charge is 0.340 e. The zero-order valence-corrected chi connectivity index (χ0v) is 19.4. The van der Waals surface area contributed by atoms with Gasteiger partial charge in [-0.25, -0.2) is 0 Å². The lowest BCUT2D eigenvalue weighted by atomic mass is 10.0. The molecule has 1 aromatic heterocycles. The van der Waals surface area contributed by atoms with Gasteiger partial charge in [0.25, 0.3) is 5.91 Å². The molecule has 2 N–H and O–H groups in total. The van der Waals surface area contributed by atoms with Crippen LogP contribution in [-0.2, 0) is 11.2 Å². The van der Waals surface area contributed by atoms with Crippen molar-refractivity contribution in [1.29, 1.82) is 0 Å². The lowest BCUT2D eigenvalue weighted by molar-refractivity contribution is -0.118. The van der Waals surface area contributed by atoms with E-state index in [-0.39, 0.29) is 11.8 Å². The van der Waals surface area contributed by atoms with Gasteiger partial charge in [-0.05, 0) is 36.2 Å². The number of halogens is 1. The number of benzene rings is 3. The van der Waals surface area contributed by atoms with Gasteiger partial charge in [0.1, 0.15) is 11.0 Å². The summed E-state index contributed by atoms with van der Waals surface area (Å²) in [5.74, 6) is -0.671. The minimum atomic E-state index is -0.793. The van der Waals surface area contributed by atoms with Gasteiger partial charge in [-0.3, -0.25) is 14.9 Å². The maximum Gasteiger partial charge on any atom is 0.252 e. The summed E-state index contributed by atoms with van der Waals surface area (Å²) in [7, 11) is 0. The van der Waals surface area contributed by atoms with E-state index in [2.05, 4.69) is 20.8 Å². The molecule has 0 spiro atoms. The molecule has 33 heavy (non-hydrogen) atoms. The van der Waals surface area contributed by atoms with Gasteiger partial charge >= 0.3 is 0 Å². The van der Waals surface area contributed by atoms with E-state index in [0.717, 1.165) is 16.7 Å². The number of rotatable bonds is 7. The molecule has 0 radical (unpaired) electrons. The second kappa shape index (κ2) is 10.4. The summed E-state index contributed by atoms with van der Waals surface area (Å²) < 4.78 is 0. The van der Waals surface area contributed by atoms with Crippen LogP contribution in [0.3, 0.4) is 0 Å². The summed E-state index contributed by atoms with van der Waals surface area (Å²) in [5, 5.41) is 15.5. The molecule has 4 rings (SSSR count). The van der Waals surface area contributed by atoms with Crippen LogP contribution in [0.2, 0.25) is 5.02 Å². The molecule has 8 heteroatoms. The quantitative estimate of drug-likeness (QED) is 0.386. The standard InChI is InChI=1S/C25H21ClN4O2S/c1-16-8-5-6-13-20(16)22(31)27-21(14-17-9-3-2-4-10-17)23(32)28-25-30-29-24(33-25)18-11-7-12-19(26)15-18/h2-13,15,21H,14H2,1H3,(H,27,31)(H,28,30,32). The van der Waals surface area contributed by atoms with E-state index in [0.29, 0.717) is 27.1 Å². The SMILES string of the molecule is Cc1ccccc1C(=O)NC(Cc1ccccc1)C(=O)Nc1nnc(-c2cccc(Cl)c2)s1. The van der Waals surface area contributed by atoms with Crippen molar-refractivity contribution in [2.24, 2.45) is 0 Å². The Labute approximate surface area is 200 Å². The number of carbonyl (C=O) groups is 2. The molecule has 1 atom stereocenters. The number of nitrogens with zero attached hydrogens (tertiary/aromatic N) is 2. The highest BCUT2D eigenvalue weighted by molar-refractivity contribution is 7.18. The van der Waals surface area contributed by atoms with Crippen LogP contribution < -0.4 is 10.6 Å². The molecule has 0 aliphatic carbocycles. The molecule has 0 aliphatic rings. The maximum absolute atomic E-state index is 13.2. The number of aryl methyl sites for hydroxylation is 1. The van der Waals surface area contributed by atoms with Crippen LogP contribution in [0.1, 0.15) is 21.5 Å². The van der Waals surface area contributed by atoms with Gasteiger partial charge in [-0.2, -0.15) is 0 Å². The Morgan fingerprint density at radius 1 is 0.970 bits per heavy atom. The van der Waals surface area contributed by atoms with Gasteiger partial charge in [0.15, 0.2) is 0 Å². The summed E-state index contributed by atoms with van der Waals surface area (Å²) in [5.41, 5.74) is 3.11. The molecular formula is C25H21ClN4O2S. The fourth-order valence-electron chi connectivity index (χ4n) is 3.33. The first kappa shape index (κ1) is 22.6. The Hall–Kier alpha value is -3.55. The smallest absolute Gasteiger partial charge is 0.252 e. The Kier molecular flexibility index (Phi) is 7.12. The number of anilines is 1. The predicted molar refractivity (Wildman–Crippen MR) is 132 cm³/mol. The summed E-state index contributed by atoms with van der Waals surface area (Å²) in [6.07, 6.45) is 0.338. The van der Waals surface area contributed by atoms with E-state index in [1.165, 1.54) is 11.3 Å². The molecule has 0 aliphatic heterocycles. The zero-order valence-electron chi connectivity index (χ0n) is 17.8. The van der Waals surface area contributed by atoms with Crippen LogP contribution in [0.25, 0.3) is 10.6 Å². The molecule has 2 amide bonds. The number of hydrogen-bond donors (Lipinski definition) is 2. The van der Waals surface area contributed by atoms with Crippen LogP contribution in [0, 0.1) is 6.92 Å². The topological polar surface area (TPSA) is 84.0 Å². The number of carbonyl (C=O) groups excluding carboxylic acids is 2. The first-order valence-electron chi connectivity index (χ1n) is 10.3. The predicted octanol–water partition coefficient (Wildman–Crippen LogP) is 5.15. The molecule has 0 saturated heterocycles. The van der Waals surface area contributed by atoms with Crippen molar-refractivity contribution in [3.05, 3.63) is 101 Å². The zero-order chi connectivity index (χ0) is 23.2. The molecule has 4 aromatic rings. The van der Waals surface area contributed by atoms with E-state index in [4.69, 9.17) is 11.6 Å². The fraction of sp³-hybridized carbons (Fsp3) is 0.120. The van der Waals surface area contributed by atoms with Crippen molar-refractivity contribution < 1.29 is 9.59 Å². The Morgan fingerprint density at radius 3 is 2.48 bits per heavy atom. The normalized spacial score (nSPS) is 11.6. The maximum atomic E-state index is 13.2. The lowest BCUT2D eigenvalue weighted by Gasteiger charge is -2.18. The summed E-state index contributed by atoms with van der Waals surface area (Å²) in [4.78, 5) is 26.1. The van der Waals surface area contributed by atoms with Gasteiger partial charge in [0.05, 0.1) is 0 Å². The van der Waals surface area contributed by atoms with Crippen LogP contribution in [0.15, 0.2) is 78.9 Å². The van der Waals surface area contributed by atoms with Gasteiger partial charge < -0.3 is 5.32 Å². The second-order valence-electron chi connectivity index (χ2n) is 7.44. The van der Waals surface area contributed by atoms with Crippen LogP contribution >= 0.6 is 22.9 Å². The highest BCUT2D eigenvalue weighted by Crippen LogP contribution is 2.28. The van der Waals surface area contributed by atoms with Gasteiger partial charge in [0.2, 0.25) is 11.0 Å². The Morgan fingerprint density at radius 2 is 1.73 bits per heavy atom. The minimum Gasteiger partial charge on any atom is -0.340 e. The average Bonchev–Trinajstić information content (AvgIpc) is 3.28. The molecule has 1 heterocycles. The highest BCUT2D eigenvalue weighted by Gasteiger charge is 2.24. The van der Waals surface area contributed by atoms with Crippen molar-refractivity contribution in [3.8, 4) is 10.6 Å². The molecule has 6 nitrogen and oxygen atoms in total. The summed E-state index contributed by atoms with van der Waals surface area (Å²) in [6, 6.07) is 23.3. The van der Waals surface area contributed by atoms with Crippen molar-refractivity contribution >= 4 is 39.9 Å². The molecule has 0 fully saturated rings. The first-order chi connectivity index (χ1) is 16.0. The van der Waals surface area contributed by atoms with Crippen LogP contribution in [0.5, 0.6) is 0 Å². The third-order valence-corrected chi connectivity index (χ3v) is 6.14. The molecule has 0 bridgehead atoms. The number of aromatic nitrogens is 2. The van der Waals surface area contributed by atoms with Crippen LogP contribution in [0.4, 0.5) is 5.13 Å². The van der Waals surface area contributed by atoms with Crippen molar-refractivity contribution in [3.63, 3.8) is 0 Å². The lowest BCUT2D eigenvalue weighted by Crippen LogP contribution is -2.45. The highest BCUT2D eigenvalue weighted by atomic mass is 35.5. The molecular weight excluding hydrogens is 456 g/mol. The van der Waals surface area contributed by atoms with Gasteiger partial charge in [-0.1, -0.05) is 83.6 Å². The van der Waals surface area contributed by atoms with E-state index in [9.17, 15) is 9.59 Å². The molecule has 3 aromatic carbocycles. The minimum absolute atomic E-state index is 0.305. The van der Waals surface area contributed by atoms with Crippen LogP contribution in [-0.4, -0.2) is 28.1 Å². The number of amides is 2. The van der Waals surface area contributed by atoms with Crippen molar-refractivity contribution in [2.45, 2.75) is 19.4 Å². The Balaban J connectivity index is 1.53. The average molecular weight is 477 g/mol. The third-order valence-electron chi connectivity index (χ3n) is 5.02. The van der Waals surface area contributed by atoms with E-state index in [1.54, 1.807) is 24.3 Å².